The molecule has 2 heteroatoms. The number of hydrogen-bond acceptors (Lipinski definition) is 0. The molecule has 0 spiro atoms. The Balaban J connectivity index is 3.41. The standard InChI is InChI=1S/C13H24Si2/c1-11-8-9-12(14(2,3)4)13(10-11)15(5,6)7/h8-10H,1-7H3. The molecule has 1 aromatic carbocycles. The molecule has 0 heterocycles. The zero-order chi connectivity index (χ0) is 11.9. The fourth-order valence-corrected chi connectivity index (χ4v) is 7.20. The van der Waals surface area contributed by atoms with E-state index in [-0.39, 0.29) is 0 Å². The van der Waals surface area contributed by atoms with Crippen LogP contribution in [-0.2, 0) is 0 Å². The van der Waals surface area contributed by atoms with Gasteiger partial charge in [0.25, 0.3) is 0 Å². The van der Waals surface area contributed by atoms with Crippen LogP contribution in [0.2, 0.25) is 39.3 Å². The maximum Gasteiger partial charge on any atom is 0.0774 e. The first-order chi connectivity index (χ1) is 6.62. The Labute approximate surface area is 96.7 Å². The van der Waals surface area contributed by atoms with Gasteiger partial charge in [-0.3, -0.25) is 0 Å². The molecule has 0 aromatic heterocycles. The predicted octanol–water partition coefficient (Wildman–Crippen LogP) is 3.09. The van der Waals surface area contributed by atoms with E-state index in [2.05, 4.69) is 64.4 Å². The fourth-order valence-electron chi connectivity index (χ4n) is 1.93. The summed E-state index contributed by atoms with van der Waals surface area (Å²) >= 11 is 0. The van der Waals surface area contributed by atoms with Crippen molar-refractivity contribution in [3.8, 4) is 0 Å². The Bertz CT molecular complexity index is 354. The molecule has 0 unspecified atom stereocenters. The van der Waals surface area contributed by atoms with Crippen LogP contribution in [0.3, 0.4) is 0 Å². The molecule has 0 bridgehead atoms. The number of hydrogen-bond donors (Lipinski definition) is 0. The van der Waals surface area contributed by atoms with E-state index in [1.54, 1.807) is 10.4 Å². The highest BCUT2D eigenvalue weighted by atomic mass is 28.3. The highest BCUT2D eigenvalue weighted by Crippen LogP contribution is 2.08. The zero-order valence-electron chi connectivity index (χ0n) is 11.2. The van der Waals surface area contributed by atoms with Crippen LogP contribution in [0.25, 0.3) is 0 Å². The minimum atomic E-state index is -1.18. The van der Waals surface area contributed by atoms with Gasteiger partial charge in [0.15, 0.2) is 0 Å². The largest absolute Gasteiger partial charge is 0.0774 e. The second kappa shape index (κ2) is 3.91. The van der Waals surface area contributed by atoms with Crippen LogP contribution in [0, 0.1) is 6.92 Å². The van der Waals surface area contributed by atoms with Gasteiger partial charge in [-0.25, -0.2) is 0 Å². The molecular formula is C13H24Si2. The Morgan fingerprint density at radius 2 is 1.20 bits per heavy atom. The summed E-state index contributed by atoms with van der Waals surface area (Å²) in [5.41, 5.74) is 1.41. The summed E-state index contributed by atoms with van der Waals surface area (Å²) in [6.07, 6.45) is 0. The van der Waals surface area contributed by atoms with E-state index in [9.17, 15) is 0 Å². The monoisotopic (exact) mass is 236 g/mol. The highest BCUT2D eigenvalue weighted by molar-refractivity contribution is 6.98. The minimum absolute atomic E-state index is 1.18. The van der Waals surface area contributed by atoms with E-state index in [0.717, 1.165) is 0 Å². The van der Waals surface area contributed by atoms with Crippen LogP contribution >= 0.6 is 0 Å². The summed E-state index contributed by atoms with van der Waals surface area (Å²) in [5.74, 6) is 0. The third-order valence-electron chi connectivity index (χ3n) is 2.79. The predicted molar refractivity (Wildman–Crippen MR) is 77.1 cm³/mol. The van der Waals surface area contributed by atoms with Crippen LogP contribution < -0.4 is 10.4 Å². The smallest absolute Gasteiger partial charge is 0.0656 e. The van der Waals surface area contributed by atoms with Crippen LogP contribution in [0.5, 0.6) is 0 Å². The lowest BCUT2D eigenvalue weighted by atomic mass is 10.2. The Morgan fingerprint density at radius 1 is 0.733 bits per heavy atom. The molecule has 1 rings (SSSR count). The van der Waals surface area contributed by atoms with Crippen molar-refractivity contribution >= 4 is 26.5 Å². The maximum atomic E-state index is 2.45. The average molecular weight is 237 g/mol. The first-order valence-corrected chi connectivity index (χ1v) is 12.7. The van der Waals surface area contributed by atoms with E-state index < -0.39 is 16.1 Å². The molecule has 0 aliphatic rings. The fraction of sp³-hybridized carbons (Fsp3) is 0.538. The second-order valence-electron chi connectivity index (χ2n) is 6.55. The molecule has 15 heavy (non-hydrogen) atoms. The quantitative estimate of drug-likeness (QED) is 0.692. The number of rotatable bonds is 2. The van der Waals surface area contributed by atoms with Gasteiger partial charge in [-0.1, -0.05) is 73.4 Å². The molecule has 0 fully saturated rings. The first-order valence-electron chi connectivity index (χ1n) is 5.74. The molecule has 0 N–H and O–H groups in total. The van der Waals surface area contributed by atoms with Crippen LogP contribution in [0.4, 0.5) is 0 Å². The summed E-state index contributed by atoms with van der Waals surface area (Å²) in [6, 6.07) is 7.09. The minimum Gasteiger partial charge on any atom is -0.0656 e. The van der Waals surface area contributed by atoms with Gasteiger partial charge in [-0.2, -0.15) is 0 Å². The molecule has 0 aliphatic carbocycles. The van der Waals surface area contributed by atoms with Crippen molar-refractivity contribution < 1.29 is 0 Å². The van der Waals surface area contributed by atoms with Crippen molar-refractivity contribution in [3.05, 3.63) is 23.8 Å². The van der Waals surface area contributed by atoms with Gasteiger partial charge in [0.2, 0.25) is 0 Å². The van der Waals surface area contributed by atoms with E-state index in [0.29, 0.717) is 0 Å². The van der Waals surface area contributed by atoms with Crippen molar-refractivity contribution in [3.63, 3.8) is 0 Å². The first kappa shape index (κ1) is 12.7. The van der Waals surface area contributed by atoms with Gasteiger partial charge in [0.1, 0.15) is 0 Å². The Kier molecular flexibility index (Phi) is 3.31. The number of aryl methyl sites for hydroxylation is 1. The van der Waals surface area contributed by atoms with E-state index in [4.69, 9.17) is 0 Å². The molecule has 0 aliphatic heterocycles. The lowest BCUT2D eigenvalue weighted by molar-refractivity contribution is 1.49. The lowest BCUT2D eigenvalue weighted by Crippen LogP contribution is -2.56. The van der Waals surface area contributed by atoms with Crippen LogP contribution in [-0.4, -0.2) is 16.1 Å². The molecule has 0 atom stereocenters. The van der Waals surface area contributed by atoms with Crippen molar-refractivity contribution in [1.82, 2.24) is 0 Å². The molecule has 0 nitrogen and oxygen atoms in total. The van der Waals surface area contributed by atoms with Crippen molar-refractivity contribution in [2.45, 2.75) is 46.2 Å². The SMILES string of the molecule is Cc1ccc([Si](C)(C)C)c([Si](C)(C)C)c1. The lowest BCUT2D eigenvalue weighted by Gasteiger charge is -2.28. The van der Waals surface area contributed by atoms with Gasteiger partial charge in [-0.05, 0) is 6.92 Å². The normalized spacial score (nSPS) is 13.0. The van der Waals surface area contributed by atoms with Crippen molar-refractivity contribution in [1.29, 1.82) is 0 Å². The van der Waals surface area contributed by atoms with Crippen molar-refractivity contribution in [2.75, 3.05) is 0 Å². The topological polar surface area (TPSA) is 0 Å². The zero-order valence-corrected chi connectivity index (χ0v) is 13.2. The van der Waals surface area contributed by atoms with Gasteiger partial charge in [-0.15, -0.1) is 0 Å². The second-order valence-corrected chi connectivity index (χ2v) is 16.6. The molecule has 0 radical (unpaired) electrons. The molecule has 84 valence electrons. The third kappa shape index (κ3) is 3.05. The Hall–Kier alpha value is -0.346. The summed E-state index contributed by atoms with van der Waals surface area (Å²) in [4.78, 5) is 0. The van der Waals surface area contributed by atoms with Crippen LogP contribution in [0.15, 0.2) is 18.2 Å². The van der Waals surface area contributed by atoms with Crippen LogP contribution in [0.1, 0.15) is 5.56 Å². The van der Waals surface area contributed by atoms with Gasteiger partial charge in [0.05, 0.1) is 16.1 Å². The van der Waals surface area contributed by atoms with Gasteiger partial charge in [0, 0.05) is 0 Å². The maximum absolute atomic E-state index is 2.45. The van der Waals surface area contributed by atoms with E-state index in [1.165, 1.54) is 5.56 Å². The number of benzene rings is 1. The summed E-state index contributed by atoms with van der Waals surface area (Å²) in [7, 11) is -2.36. The Morgan fingerprint density at radius 3 is 1.60 bits per heavy atom. The summed E-state index contributed by atoms with van der Waals surface area (Å²) in [6.45, 7) is 16.9. The molecule has 0 saturated heterocycles. The third-order valence-corrected chi connectivity index (χ3v) is 7.12. The van der Waals surface area contributed by atoms with E-state index in [1.807, 2.05) is 0 Å². The molecule has 0 saturated carbocycles. The molecule has 1 aromatic rings. The van der Waals surface area contributed by atoms with Gasteiger partial charge < -0.3 is 0 Å². The highest BCUT2D eigenvalue weighted by Gasteiger charge is 2.26. The summed E-state index contributed by atoms with van der Waals surface area (Å²) < 4.78 is 0. The van der Waals surface area contributed by atoms with Gasteiger partial charge >= 0.3 is 0 Å². The molecular weight excluding hydrogens is 212 g/mol. The average Bonchev–Trinajstić information content (AvgIpc) is 2.00. The molecule has 0 amide bonds. The van der Waals surface area contributed by atoms with Crippen molar-refractivity contribution in [2.24, 2.45) is 0 Å². The summed E-state index contributed by atoms with van der Waals surface area (Å²) in [5, 5.41) is 3.36. The van der Waals surface area contributed by atoms with E-state index >= 15 is 0 Å².